The van der Waals surface area contributed by atoms with E-state index in [0.717, 1.165) is 12.8 Å². The molecular formula is C13H16F3N3O. The molecule has 1 N–H and O–H groups in total. The fraction of sp³-hybridized carbons (Fsp3) is 0.692. The van der Waals surface area contributed by atoms with Crippen molar-refractivity contribution >= 4 is 0 Å². The third kappa shape index (κ3) is 2.09. The molecule has 0 amide bonds. The smallest absolute Gasteiger partial charge is 0.370 e. The number of hydrogen-bond acceptors (Lipinski definition) is 4. The molecule has 2 heterocycles. The van der Waals surface area contributed by atoms with Crippen molar-refractivity contribution in [2.45, 2.75) is 50.6 Å². The molecule has 20 heavy (non-hydrogen) atoms. The monoisotopic (exact) mass is 287 g/mol. The summed E-state index contributed by atoms with van der Waals surface area (Å²) in [5.74, 6) is 0.187. The van der Waals surface area contributed by atoms with Gasteiger partial charge in [-0.3, -0.25) is 0 Å². The Bertz CT molecular complexity index is 524. The van der Waals surface area contributed by atoms with Crippen LogP contribution >= 0.6 is 0 Å². The number of nitrogens with one attached hydrogen (secondary N) is 1. The van der Waals surface area contributed by atoms with Crippen LogP contribution in [0.1, 0.15) is 48.5 Å². The Labute approximate surface area is 114 Å². The van der Waals surface area contributed by atoms with E-state index in [9.17, 15) is 13.2 Å². The van der Waals surface area contributed by atoms with Crippen LogP contribution in [0.25, 0.3) is 0 Å². The molecule has 1 aromatic heterocycles. The quantitative estimate of drug-likeness (QED) is 0.908. The molecule has 0 radical (unpaired) electrons. The Morgan fingerprint density at radius 3 is 2.45 bits per heavy atom. The number of nitrogens with zero attached hydrogens (tertiary/aromatic N) is 2. The highest BCUT2D eigenvalue weighted by atomic mass is 19.4. The number of halogens is 3. The maximum Gasteiger partial charge on any atom is 0.433 e. The number of fused-ring (bicyclic) bond motifs is 1. The molecule has 3 rings (SSSR count). The summed E-state index contributed by atoms with van der Waals surface area (Å²) in [4.78, 5) is 8.19. The third-order valence-electron chi connectivity index (χ3n) is 4.16. The van der Waals surface area contributed by atoms with Gasteiger partial charge in [0, 0.05) is 25.8 Å². The Hall–Kier alpha value is -1.21. The minimum Gasteiger partial charge on any atom is -0.370 e. The highest BCUT2D eigenvalue weighted by molar-refractivity contribution is 5.32. The molecule has 0 aromatic carbocycles. The first-order valence-corrected chi connectivity index (χ1v) is 6.70. The van der Waals surface area contributed by atoms with Gasteiger partial charge in [0.25, 0.3) is 0 Å². The van der Waals surface area contributed by atoms with Gasteiger partial charge in [-0.05, 0) is 25.7 Å². The fourth-order valence-corrected chi connectivity index (χ4v) is 3.07. The van der Waals surface area contributed by atoms with Gasteiger partial charge in [0.05, 0.1) is 5.69 Å². The van der Waals surface area contributed by atoms with Crippen molar-refractivity contribution in [1.29, 1.82) is 0 Å². The van der Waals surface area contributed by atoms with Gasteiger partial charge in [0.1, 0.15) is 5.60 Å². The Balaban J connectivity index is 2.14. The average Bonchev–Trinajstić information content (AvgIpc) is 3.05. The second kappa shape index (κ2) is 4.66. The summed E-state index contributed by atoms with van der Waals surface area (Å²) in [5, 5.41) is 2.91. The second-order valence-corrected chi connectivity index (χ2v) is 5.33. The van der Waals surface area contributed by atoms with Gasteiger partial charge in [-0.1, -0.05) is 0 Å². The zero-order valence-electron chi connectivity index (χ0n) is 11.2. The van der Waals surface area contributed by atoms with Gasteiger partial charge in [-0.2, -0.15) is 13.2 Å². The van der Waals surface area contributed by atoms with Crippen LogP contribution in [0.2, 0.25) is 0 Å². The summed E-state index contributed by atoms with van der Waals surface area (Å²) >= 11 is 0. The van der Waals surface area contributed by atoms with E-state index in [-0.39, 0.29) is 17.9 Å². The van der Waals surface area contributed by atoms with Crippen molar-refractivity contribution in [3.63, 3.8) is 0 Å². The highest BCUT2D eigenvalue weighted by Crippen LogP contribution is 2.42. The van der Waals surface area contributed by atoms with Crippen LogP contribution in [0.15, 0.2) is 0 Å². The molecule has 0 spiro atoms. The first kappa shape index (κ1) is 13.8. The maximum atomic E-state index is 13.2. The molecule has 2 aliphatic rings. The molecule has 110 valence electrons. The molecule has 4 nitrogen and oxygen atoms in total. The number of aromatic nitrogens is 2. The third-order valence-corrected chi connectivity index (χ3v) is 4.16. The van der Waals surface area contributed by atoms with Crippen molar-refractivity contribution < 1.29 is 17.9 Å². The molecule has 0 saturated heterocycles. The van der Waals surface area contributed by atoms with E-state index in [1.54, 1.807) is 0 Å². The van der Waals surface area contributed by atoms with E-state index in [1.165, 1.54) is 7.11 Å². The topological polar surface area (TPSA) is 47.0 Å². The standard InChI is InChI=1S/C13H16F3N3O/c1-20-12(4-2-3-5-12)11-18-9-7-17-6-8(9)10(19-11)13(14,15)16/h17H,2-7H2,1H3. The number of methoxy groups -OCH3 is 1. The summed E-state index contributed by atoms with van der Waals surface area (Å²) in [6.07, 6.45) is -1.26. The van der Waals surface area contributed by atoms with Gasteiger partial charge in [-0.15, -0.1) is 0 Å². The Morgan fingerprint density at radius 2 is 1.85 bits per heavy atom. The van der Waals surface area contributed by atoms with Crippen molar-refractivity contribution in [2.75, 3.05) is 7.11 Å². The normalized spacial score (nSPS) is 21.2. The summed E-state index contributed by atoms with van der Waals surface area (Å²) < 4.78 is 45.0. The average molecular weight is 287 g/mol. The largest absolute Gasteiger partial charge is 0.433 e. The molecule has 0 atom stereocenters. The minimum absolute atomic E-state index is 0.171. The maximum absolute atomic E-state index is 13.2. The lowest BCUT2D eigenvalue weighted by molar-refractivity contribution is -0.142. The zero-order chi connectivity index (χ0) is 14.4. The summed E-state index contributed by atoms with van der Waals surface area (Å²) in [6, 6.07) is 0. The van der Waals surface area contributed by atoms with E-state index in [1.807, 2.05) is 0 Å². The van der Waals surface area contributed by atoms with Crippen LogP contribution in [0.3, 0.4) is 0 Å². The molecule has 0 bridgehead atoms. The first-order chi connectivity index (χ1) is 9.46. The summed E-state index contributed by atoms with van der Waals surface area (Å²) in [5.41, 5.74) is -0.945. The molecule has 1 saturated carbocycles. The van der Waals surface area contributed by atoms with E-state index in [4.69, 9.17) is 4.74 Å². The van der Waals surface area contributed by atoms with Crippen LogP contribution in [-0.4, -0.2) is 17.1 Å². The lowest BCUT2D eigenvalue weighted by Gasteiger charge is -2.27. The van der Waals surface area contributed by atoms with Gasteiger partial charge >= 0.3 is 6.18 Å². The lowest BCUT2D eigenvalue weighted by Crippen LogP contribution is -2.29. The predicted octanol–water partition coefficient (Wildman–Crippen LogP) is 2.51. The Kier molecular flexibility index (Phi) is 3.21. The molecule has 0 unspecified atom stereocenters. The molecule has 1 aromatic rings. The highest BCUT2D eigenvalue weighted by Gasteiger charge is 2.44. The SMILES string of the molecule is COC1(c2nc3c(c(C(F)(F)F)n2)CNC3)CCCC1. The van der Waals surface area contributed by atoms with Crippen molar-refractivity contribution in [1.82, 2.24) is 15.3 Å². The van der Waals surface area contributed by atoms with Crippen LogP contribution in [0, 0.1) is 0 Å². The van der Waals surface area contributed by atoms with Crippen LogP contribution in [-0.2, 0) is 29.6 Å². The van der Waals surface area contributed by atoms with Crippen LogP contribution in [0.5, 0.6) is 0 Å². The molecule has 1 aliphatic heterocycles. The van der Waals surface area contributed by atoms with E-state index in [0.29, 0.717) is 25.1 Å². The Morgan fingerprint density at radius 1 is 1.15 bits per heavy atom. The van der Waals surface area contributed by atoms with Crippen molar-refractivity contribution in [3.05, 3.63) is 22.8 Å². The van der Waals surface area contributed by atoms with E-state index in [2.05, 4.69) is 15.3 Å². The number of hydrogen-bond donors (Lipinski definition) is 1. The first-order valence-electron chi connectivity index (χ1n) is 6.70. The minimum atomic E-state index is -4.46. The summed E-state index contributed by atoms with van der Waals surface area (Å²) in [6.45, 7) is 0.526. The molecule has 1 aliphatic carbocycles. The number of alkyl halides is 3. The zero-order valence-corrected chi connectivity index (χ0v) is 11.2. The van der Waals surface area contributed by atoms with Crippen LogP contribution < -0.4 is 5.32 Å². The van der Waals surface area contributed by atoms with E-state index < -0.39 is 17.5 Å². The lowest BCUT2D eigenvalue weighted by atomic mass is 10.00. The van der Waals surface area contributed by atoms with Crippen molar-refractivity contribution in [3.8, 4) is 0 Å². The predicted molar refractivity (Wildman–Crippen MR) is 64.7 cm³/mol. The summed E-state index contributed by atoms with van der Waals surface area (Å²) in [7, 11) is 1.52. The molecule has 1 fully saturated rings. The van der Waals surface area contributed by atoms with Crippen molar-refractivity contribution in [2.24, 2.45) is 0 Å². The van der Waals surface area contributed by atoms with E-state index >= 15 is 0 Å². The van der Waals surface area contributed by atoms with Gasteiger partial charge in [-0.25, -0.2) is 9.97 Å². The second-order valence-electron chi connectivity index (χ2n) is 5.33. The molecule has 7 heteroatoms. The molecular weight excluding hydrogens is 271 g/mol. The number of ether oxygens (including phenoxy) is 1. The van der Waals surface area contributed by atoms with Crippen LogP contribution in [0.4, 0.5) is 13.2 Å². The van der Waals surface area contributed by atoms with Gasteiger partial charge in [0.15, 0.2) is 11.5 Å². The fourth-order valence-electron chi connectivity index (χ4n) is 3.07. The number of rotatable bonds is 2. The van der Waals surface area contributed by atoms with Gasteiger partial charge < -0.3 is 10.1 Å². The van der Waals surface area contributed by atoms with Gasteiger partial charge in [0.2, 0.25) is 0 Å².